The van der Waals surface area contributed by atoms with Crippen LogP contribution in [0.25, 0.3) is 0 Å². The Labute approximate surface area is 146 Å². The summed E-state index contributed by atoms with van der Waals surface area (Å²) < 4.78 is 24.3. The lowest BCUT2D eigenvalue weighted by Crippen LogP contribution is -2.47. The molecule has 2 fully saturated rings. The fourth-order valence-electron chi connectivity index (χ4n) is 3.21. The first kappa shape index (κ1) is 17.6. The molecule has 0 aliphatic carbocycles. The maximum Gasteiger partial charge on any atom is 0.241 e. The van der Waals surface area contributed by atoms with Gasteiger partial charge in [0.15, 0.2) is 6.29 Å². The van der Waals surface area contributed by atoms with Crippen LogP contribution in [-0.2, 0) is 14.3 Å². The monoisotopic (exact) mass is 356 g/mol. The van der Waals surface area contributed by atoms with Crippen LogP contribution in [0.2, 0.25) is 5.02 Å². The number of halogens is 2. The molecule has 132 valence electrons. The number of piperidine rings is 1. The Morgan fingerprint density at radius 1 is 1.33 bits per heavy atom. The molecule has 0 radical (unpaired) electrons. The van der Waals surface area contributed by atoms with E-state index in [0.29, 0.717) is 24.8 Å². The second-order valence-corrected chi connectivity index (χ2v) is 6.68. The van der Waals surface area contributed by atoms with Gasteiger partial charge in [-0.15, -0.1) is 0 Å². The van der Waals surface area contributed by atoms with Gasteiger partial charge in [0, 0.05) is 11.6 Å². The Morgan fingerprint density at radius 3 is 2.62 bits per heavy atom. The molecular weight excluding hydrogens is 335 g/mol. The zero-order valence-corrected chi connectivity index (χ0v) is 14.4. The third-order valence-corrected chi connectivity index (χ3v) is 5.01. The van der Waals surface area contributed by atoms with Crippen molar-refractivity contribution in [3.8, 4) is 0 Å². The molecule has 7 heteroatoms. The lowest BCUT2D eigenvalue weighted by Gasteiger charge is -2.36. The minimum Gasteiger partial charge on any atom is -0.350 e. The van der Waals surface area contributed by atoms with Crippen molar-refractivity contribution in [3.63, 3.8) is 0 Å². The van der Waals surface area contributed by atoms with Gasteiger partial charge in [-0.3, -0.25) is 9.69 Å². The second-order valence-electron chi connectivity index (χ2n) is 6.28. The number of benzene rings is 1. The van der Waals surface area contributed by atoms with E-state index < -0.39 is 5.82 Å². The molecule has 1 N–H and O–H groups in total. The number of hydrogen-bond donors (Lipinski definition) is 1. The van der Waals surface area contributed by atoms with E-state index in [9.17, 15) is 9.18 Å². The highest BCUT2D eigenvalue weighted by Crippen LogP contribution is 2.27. The molecule has 1 aromatic rings. The Kier molecular flexibility index (Phi) is 5.71. The van der Waals surface area contributed by atoms with Crippen molar-refractivity contribution in [1.82, 2.24) is 4.90 Å². The van der Waals surface area contributed by atoms with Gasteiger partial charge in [-0.2, -0.15) is 0 Å². The van der Waals surface area contributed by atoms with Gasteiger partial charge in [0.2, 0.25) is 5.91 Å². The number of rotatable bonds is 4. The number of anilines is 1. The SMILES string of the molecule is CC(C(=O)Nc1ccc(F)c(Cl)c1)N1CCC(C2OCCO2)CC1. The van der Waals surface area contributed by atoms with Crippen LogP contribution in [-0.4, -0.2) is 49.4 Å². The van der Waals surface area contributed by atoms with Crippen LogP contribution in [0.15, 0.2) is 18.2 Å². The topological polar surface area (TPSA) is 50.8 Å². The third-order valence-electron chi connectivity index (χ3n) is 4.72. The zero-order chi connectivity index (χ0) is 17.1. The molecule has 1 aromatic carbocycles. The lowest BCUT2D eigenvalue weighted by atomic mass is 9.95. The highest BCUT2D eigenvalue weighted by molar-refractivity contribution is 6.31. The van der Waals surface area contributed by atoms with Gasteiger partial charge in [-0.05, 0) is 51.1 Å². The summed E-state index contributed by atoms with van der Waals surface area (Å²) in [6, 6.07) is 3.91. The van der Waals surface area contributed by atoms with Gasteiger partial charge < -0.3 is 14.8 Å². The molecule has 0 aromatic heterocycles. The standard InChI is InChI=1S/C17H22ClFN2O3/c1-11(16(22)20-13-2-3-15(19)14(18)10-13)21-6-4-12(5-7-21)17-23-8-9-24-17/h2-3,10-12,17H,4-9H2,1H3,(H,20,22). The van der Waals surface area contributed by atoms with Crippen molar-refractivity contribution in [1.29, 1.82) is 0 Å². The molecule has 0 bridgehead atoms. The number of ether oxygens (including phenoxy) is 2. The van der Waals surface area contributed by atoms with Crippen molar-refractivity contribution in [3.05, 3.63) is 29.0 Å². The Hall–Kier alpha value is -1.21. The van der Waals surface area contributed by atoms with Crippen LogP contribution in [0.1, 0.15) is 19.8 Å². The molecule has 1 unspecified atom stereocenters. The van der Waals surface area contributed by atoms with E-state index in [0.717, 1.165) is 25.9 Å². The number of hydrogen-bond acceptors (Lipinski definition) is 4. The van der Waals surface area contributed by atoms with Crippen LogP contribution in [0.3, 0.4) is 0 Å². The van der Waals surface area contributed by atoms with Gasteiger partial charge in [0.05, 0.1) is 24.3 Å². The quantitative estimate of drug-likeness (QED) is 0.901. The first-order valence-electron chi connectivity index (χ1n) is 8.28. The van der Waals surface area contributed by atoms with Crippen molar-refractivity contribution < 1.29 is 18.7 Å². The molecule has 1 atom stereocenters. The highest BCUT2D eigenvalue weighted by Gasteiger charge is 2.33. The molecule has 0 saturated carbocycles. The van der Waals surface area contributed by atoms with E-state index in [1.807, 2.05) is 6.92 Å². The summed E-state index contributed by atoms with van der Waals surface area (Å²) in [4.78, 5) is 14.6. The molecule has 2 saturated heterocycles. The maximum absolute atomic E-state index is 13.2. The third kappa shape index (κ3) is 4.06. The van der Waals surface area contributed by atoms with Gasteiger partial charge >= 0.3 is 0 Å². The van der Waals surface area contributed by atoms with Gasteiger partial charge in [-0.1, -0.05) is 11.6 Å². The van der Waals surface area contributed by atoms with Crippen molar-refractivity contribution in [2.45, 2.75) is 32.1 Å². The molecule has 24 heavy (non-hydrogen) atoms. The van der Waals surface area contributed by atoms with Gasteiger partial charge in [0.1, 0.15) is 5.82 Å². The normalized spacial score (nSPS) is 21.8. The van der Waals surface area contributed by atoms with E-state index in [4.69, 9.17) is 21.1 Å². The average molecular weight is 357 g/mol. The number of likely N-dealkylation sites (tertiary alicyclic amines) is 1. The Bertz CT molecular complexity index is 587. The number of amides is 1. The summed E-state index contributed by atoms with van der Waals surface area (Å²) in [6.07, 6.45) is 1.81. The minimum atomic E-state index is -0.499. The summed E-state index contributed by atoms with van der Waals surface area (Å²) in [5.41, 5.74) is 0.501. The summed E-state index contributed by atoms with van der Waals surface area (Å²) in [5, 5.41) is 2.79. The summed E-state index contributed by atoms with van der Waals surface area (Å²) in [7, 11) is 0. The number of carbonyl (C=O) groups is 1. The van der Waals surface area contributed by atoms with Crippen LogP contribution in [0.5, 0.6) is 0 Å². The number of nitrogens with zero attached hydrogens (tertiary/aromatic N) is 1. The highest BCUT2D eigenvalue weighted by atomic mass is 35.5. The number of nitrogens with one attached hydrogen (secondary N) is 1. The summed E-state index contributed by atoms with van der Waals surface area (Å²) in [5.74, 6) is -0.222. The average Bonchev–Trinajstić information content (AvgIpc) is 3.12. The van der Waals surface area contributed by atoms with Gasteiger partial charge in [-0.25, -0.2) is 4.39 Å². The fourth-order valence-corrected chi connectivity index (χ4v) is 3.39. The first-order chi connectivity index (χ1) is 11.5. The van der Waals surface area contributed by atoms with E-state index in [-0.39, 0.29) is 23.3 Å². The fraction of sp³-hybridized carbons (Fsp3) is 0.588. The van der Waals surface area contributed by atoms with Crippen LogP contribution < -0.4 is 5.32 Å². The van der Waals surface area contributed by atoms with E-state index >= 15 is 0 Å². The van der Waals surface area contributed by atoms with Crippen molar-refractivity contribution in [2.24, 2.45) is 5.92 Å². The first-order valence-corrected chi connectivity index (χ1v) is 8.65. The van der Waals surface area contributed by atoms with E-state index in [1.54, 1.807) is 0 Å². The van der Waals surface area contributed by atoms with Gasteiger partial charge in [0.25, 0.3) is 0 Å². The predicted molar refractivity (Wildman–Crippen MR) is 89.5 cm³/mol. The Balaban J connectivity index is 1.51. The molecule has 2 aliphatic rings. The molecular formula is C17H22ClFN2O3. The molecule has 5 nitrogen and oxygen atoms in total. The summed E-state index contributed by atoms with van der Waals surface area (Å²) >= 11 is 5.74. The van der Waals surface area contributed by atoms with E-state index in [1.165, 1.54) is 18.2 Å². The zero-order valence-electron chi connectivity index (χ0n) is 13.6. The largest absolute Gasteiger partial charge is 0.350 e. The lowest BCUT2D eigenvalue weighted by molar-refractivity contribution is -0.123. The smallest absolute Gasteiger partial charge is 0.241 e. The molecule has 2 aliphatic heterocycles. The summed E-state index contributed by atoms with van der Waals surface area (Å²) in [6.45, 7) is 4.87. The molecule has 1 amide bonds. The molecule has 2 heterocycles. The number of carbonyl (C=O) groups excluding carboxylic acids is 1. The Morgan fingerprint density at radius 2 is 2.00 bits per heavy atom. The minimum absolute atomic E-state index is 0.00201. The molecule has 0 spiro atoms. The second kappa shape index (κ2) is 7.78. The van der Waals surface area contributed by atoms with E-state index in [2.05, 4.69) is 10.2 Å². The van der Waals surface area contributed by atoms with Crippen molar-refractivity contribution in [2.75, 3.05) is 31.6 Å². The predicted octanol–water partition coefficient (Wildman–Crippen LogP) is 2.89. The van der Waals surface area contributed by atoms with Crippen LogP contribution in [0, 0.1) is 11.7 Å². The maximum atomic E-state index is 13.2. The van der Waals surface area contributed by atoms with Crippen LogP contribution in [0.4, 0.5) is 10.1 Å². The van der Waals surface area contributed by atoms with Crippen LogP contribution >= 0.6 is 11.6 Å². The molecule has 3 rings (SSSR count). The van der Waals surface area contributed by atoms with Crippen molar-refractivity contribution >= 4 is 23.2 Å².